The van der Waals surface area contributed by atoms with Gasteiger partial charge in [-0.25, -0.2) is 0 Å². The number of hydrogen-bond donors (Lipinski definition) is 1. The molecule has 1 saturated heterocycles. The molecule has 1 aromatic carbocycles. The summed E-state index contributed by atoms with van der Waals surface area (Å²) in [4.78, 5) is 26.0. The van der Waals surface area contributed by atoms with Crippen LogP contribution in [-0.2, 0) is 9.59 Å². The number of amides is 2. The quantitative estimate of drug-likeness (QED) is 0.857. The van der Waals surface area contributed by atoms with Crippen molar-refractivity contribution in [2.45, 2.75) is 32.0 Å². The van der Waals surface area contributed by atoms with Crippen LogP contribution in [-0.4, -0.2) is 48.6 Å². The van der Waals surface area contributed by atoms with Gasteiger partial charge in [-0.2, -0.15) is 13.2 Å². The number of carbonyl (C=O) groups is 2. The van der Waals surface area contributed by atoms with Gasteiger partial charge in [-0.05, 0) is 31.0 Å². The highest BCUT2D eigenvalue weighted by Crippen LogP contribution is 2.27. The van der Waals surface area contributed by atoms with Crippen molar-refractivity contribution in [1.82, 2.24) is 4.90 Å². The molecule has 2 N–H and O–H groups in total. The van der Waals surface area contributed by atoms with Crippen molar-refractivity contribution in [2.75, 3.05) is 24.5 Å². The van der Waals surface area contributed by atoms with Gasteiger partial charge in [0, 0.05) is 25.2 Å². The molecule has 1 aliphatic rings. The Morgan fingerprint density at radius 3 is 2.71 bits per heavy atom. The van der Waals surface area contributed by atoms with Gasteiger partial charge in [0.15, 0.2) is 0 Å². The van der Waals surface area contributed by atoms with E-state index in [-0.39, 0.29) is 25.9 Å². The summed E-state index contributed by atoms with van der Waals surface area (Å²) >= 11 is 0. The third kappa shape index (κ3) is 4.62. The van der Waals surface area contributed by atoms with Crippen LogP contribution in [0.5, 0.6) is 0 Å². The zero-order valence-electron chi connectivity index (χ0n) is 13.3. The van der Waals surface area contributed by atoms with Crippen molar-refractivity contribution < 1.29 is 22.8 Å². The van der Waals surface area contributed by atoms with Crippen LogP contribution in [0.2, 0.25) is 0 Å². The highest BCUT2D eigenvalue weighted by Gasteiger charge is 2.41. The molecule has 1 fully saturated rings. The highest BCUT2D eigenvalue weighted by molar-refractivity contribution is 5.87. The first-order valence-corrected chi connectivity index (χ1v) is 7.64. The highest BCUT2D eigenvalue weighted by atomic mass is 19.4. The van der Waals surface area contributed by atoms with E-state index < -0.39 is 30.6 Å². The number of benzene rings is 1. The molecule has 0 aromatic heterocycles. The Hall–Kier alpha value is -2.25. The largest absolute Gasteiger partial charge is 0.406 e. The van der Waals surface area contributed by atoms with E-state index in [1.165, 1.54) is 0 Å². The average Bonchev–Trinajstić information content (AvgIpc) is 2.79. The first kappa shape index (κ1) is 18.1. The second-order valence-corrected chi connectivity index (χ2v) is 5.93. The number of primary amides is 1. The molecular weight excluding hydrogens is 323 g/mol. The van der Waals surface area contributed by atoms with Crippen LogP contribution in [0.3, 0.4) is 0 Å². The van der Waals surface area contributed by atoms with Crippen molar-refractivity contribution in [3.63, 3.8) is 0 Å². The van der Waals surface area contributed by atoms with Gasteiger partial charge >= 0.3 is 6.18 Å². The predicted octanol–water partition coefficient (Wildman–Crippen LogP) is 1.84. The zero-order valence-corrected chi connectivity index (χ0v) is 13.3. The Morgan fingerprint density at radius 2 is 2.12 bits per heavy atom. The summed E-state index contributed by atoms with van der Waals surface area (Å²) in [6, 6.07) is 6.57. The predicted molar refractivity (Wildman–Crippen MR) is 83.4 cm³/mol. The van der Waals surface area contributed by atoms with Crippen LogP contribution < -0.4 is 10.6 Å². The molecular formula is C16H20F3N3O2. The van der Waals surface area contributed by atoms with Crippen LogP contribution in [0.25, 0.3) is 0 Å². The minimum Gasteiger partial charge on any atom is -0.370 e. The van der Waals surface area contributed by atoms with E-state index in [9.17, 15) is 22.8 Å². The summed E-state index contributed by atoms with van der Waals surface area (Å²) in [5.74, 6) is -1.09. The molecule has 0 bridgehead atoms. The number of nitrogens with zero attached hydrogens (tertiary/aromatic N) is 2. The molecule has 0 saturated carbocycles. The number of halogens is 3. The number of carbonyl (C=O) groups excluding carboxylic acids is 2. The molecule has 2 rings (SSSR count). The van der Waals surface area contributed by atoms with Crippen molar-refractivity contribution in [2.24, 2.45) is 5.73 Å². The van der Waals surface area contributed by atoms with E-state index in [0.29, 0.717) is 5.69 Å². The molecule has 0 aliphatic carbocycles. The number of anilines is 1. The fraction of sp³-hybridized carbons (Fsp3) is 0.500. The first-order valence-electron chi connectivity index (χ1n) is 7.64. The standard InChI is InChI=1S/C16H20F3N3O2/c1-11-3-2-4-12(9-11)22(8-6-14(20)23)13-5-7-21(15(13)24)10-16(17,18)19/h2-4,9,13H,5-8,10H2,1H3,(H2,20,23). The number of likely N-dealkylation sites (tertiary alicyclic amines) is 1. The number of alkyl halides is 3. The molecule has 1 aromatic rings. The van der Waals surface area contributed by atoms with Crippen LogP contribution in [0.4, 0.5) is 18.9 Å². The second kappa shape index (κ2) is 7.11. The Kier molecular flexibility index (Phi) is 5.36. The maximum Gasteiger partial charge on any atom is 0.406 e. The molecule has 1 aliphatic heterocycles. The third-order valence-electron chi connectivity index (χ3n) is 3.95. The SMILES string of the molecule is Cc1cccc(N(CCC(N)=O)C2CCN(CC(F)(F)F)C2=O)c1. The van der Waals surface area contributed by atoms with E-state index in [2.05, 4.69) is 0 Å². The molecule has 0 radical (unpaired) electrons. The number of hydrogen-bond acceptors (Lipinski definition) is 3. The summed E-state index contributed by atoms with van der Waals surface area (Å²) in [5, 5.41) is 0. The topological polar surface area (TPSA) is 66.6 Å². The van der Waals surface area contributed by atoms with Gasteiger partial charge in [-0.3, -0.25) is 9.59 Å². The maximum absolute atomic E-state index is 12.6. The Morgan fingerprint density at radius 1 is 1.42 bits per heavy atom. The number of aryl methyl sites for hydroxylation is 1. The smallest absolute Gasteiger partial charge is 0.370 e. The fourth-order valence-electron chi connectivity index (χ4n) is 2.89. The maximum atomic E-state index is 12.6. The van der Waals surface area contributed by atoms with E-state index >= 15 is 0 Å². The lowest BCUT2D eigenvalue weighted by Crippen LogP contribution is -2.45. The van der Waals surface area contributed by atoms with Gasteiger partial charge in [-0.15, -0.1) is 0 Å². The van der Waals surface area contributed by atoms with Crippen molar-refractivity contribution in [3.05, 3.63) is 29.8 Å². The van der Waals surface area contributed by atoms with Crippen LogP contribution in [0.1, 0.15) is 18.4 Å². The average molecular weight is 343 g/mol. The van der Waals surface area contributed by atoms with Crippen LogP contribution >= 0.6 is 0 Å². The van der Waals surface area contributed by atoms with Gasteiger partial charge < -0.3 is 15.5 Å². The lowest BCUT2D eigenvalue weighted by atomic mass is 10.1. The summed E-state index contributed by atoms with van der Waals surface area (Å²) in [7, 11) is 0. The van der Waals surface area contributed by atoms with E-state index in [1.807, 2.05) is 19.1 Å². The van der Waals surface area contributed by atoms with Crippen LogP contribution in [0, 0.1) is 6.92 Å². The van der Waals surface area contributed by atoms with E-state index in [4.69, 9.17) is 5.73 Å². The third-order valence-corrected chi connectivity index (χ3v) is 3.95. The van der Waals surface area contributed by atoms with Crippen molar-refractivity contribution in [3.8, 4) is 0 Å². The second-order valence-electron chi connectivity index (χ2n) is 5.93. The Labute approximate surface area is 138 Å². The Bertz CT molecular complexity index is 619. The summed E-state index contributed by atoms with van der Waals surface area (Å²) in [5.41, 5.74) is 6.83. The first-order chi connectivity index (χ1) is 11.2. The van der Waals surface area contributed by atoms with Gasteiger partial charge in [0.2, 0.25) is 11.8 Å². The molecule has 0 spiro atoms. The lowest BCUT2D eigenvalue weighted by Gasteiger charge is -2.30. The van der Waals surface area contributed by atoms with E-state index in [1.54, 1.807) is 17.0 Å². The minimum atomic E-state index is -4.42. The van der Waals surface area contributed by atoms with E-state index in [0.717, 1.165) is 10.5 Å². The molecule has 8 heteroatoms. The normalized spacial score (nSPS) is 18.1. The zero-order chi connectivity index (χ0) is 17.9. The van der Waals surface area contributed by atoms with Gasteiger partial charge in [-0.1, -0.05) is 12.1 Å². The molecule has 1 heterocycles. The number of rotatable bonds is 6. The molecule has 24 heavy (non-hydrogen) atoms. The molecule has 5 nitrogen and oxygen atoms in total. The van der Waals surface area contributed by atoms with Crippen LogP contribution in [0.15, 0.2) is 24.3 Å². The Balaban J connectivity index is 2.21. The minimum absolute atomic E-state index is 0.0248. The number of nitrogens with two attached hydrogens (primary N) is 1. The monoisotopic (exact) mass is 343 g/mol. The molecule has 1 unspecified atom stereocenters. The molecule has 132 valence electrons. The van der Waals surface area contributed by atoms with Crippen molar-refractivity contribution in [1.29, 1.82) is 0 Å². The fourth-order valence-corrected chi connectivity index (χ4v) is 2.89. The summed E-state index contributed by atoms with van der Waals surface area (Å²) in [6.07, 6.45) is -4.12. The van der Waals surface area contributed by atoms with Gasteiger partial charge in [0.05, 0.1) is 0 Å². The molecule has 2 amide bonds. The van der Waals surface area contributed by atoms with Crippen molar-refractivity contribution >= 4 is 17.5 Å². The van der Waals surface area contributed by atoms with Gasteiger partial charge in [0.1, 0.15) is 12.6 Å². The summed E-state index contributed by atoms with van der Waals surface area (Å²) in [6.45, 7) is 0.860. The lowest BCUT2D eigenvalue weighted by molar-refractivity contribution is -0.157. The summed E-state index contributed by atoms with van der Waals surface area (Å²) < 4.78 is 37.7. The van der Waals surface area contributed by atoms with Gasteiger partial charge in [0.25, 0.3) is 0 Å². The molecule has 1 atom stereocenters.